The second-order valence-corrected chi connectivity index (χ2v) is 8.43. The first-order chi connectivity index (χ1) is 13.1. The summed E-state index contributed by atoms with van der Waals surface area (Å²) in [6, 6.07) is 4.07. The van der Waals surface area contributed by atoms with Crippen molar-refractivity contribution >= 4 is 11.6 Å². The first kappa shape index (κ1) is 16.8. The van der Waals surface area contributed by atoms with E-state index >= 15 is 0 Å². The Bertz CT molecular complexity index is 874. The van der Waals surface area contributed by atoms with E-state index in [4.69, 9.17) is 0 Å². The predicted molar refractivity (Wildman–Crippen MR) is 104 cm³/mol. The van der Waals surface area contributed by atoms with Gasteiger partial charge in [-0.1, -0.05) is 13.8 Å². The summed E-state index contributed by atoms with van der Waals surface area (Å²) in [6.45, 7) is 5.98. The topological polar surface area (TPSA) is 63.1 Å². The zero-order chi connectivity index (χ0) is 18.6. The van der Waals surface area contributed by atoms with E-state index in [1.54, 1.807) is 0 Å². The van der Waals surface area contributed by atoms with Crippen molar-refractivity contribution in [3.05, 3.63) is 36.0 Å². The number of rotatable bonds is 2. The average Bonchev–Trinajstić information content (AvgIpc) is 3.11. The van der Waals surface area contributed by atoms with Crippen LogP contribution in [0.1, 0.15) is 51.0 Å². The van der Waals surface area contributed by atoms with Crippen LogP contribution in [0.5, 0.6) is 0 Å². The van der Waals surface area contributed by atoms with Crippen LogP contribution in [0.15, 0.2) is 24.5 Å². The molecule has 5 rings (SSSR count). The molecule has 1 N–H and O–H groups in total. The van der Waals surface area contributed by atoms with Crippen LogP contribution in [0.3, 0.4) is 0 Å². The van der Waals surface area contributed by atoms with E-state index in [2.05, 4.69) is 44.7 Å². The molecule has 6 heteroatoms. The number of carbonyl (C=O) groups is 1. The molecule has 142 valence electrons. The van der Waals surface area contributed by atoms with Gasteiger partial charge in [-0.15, -0.1) is 0 Å². The molecule has 1 amide bonds. The Labute approximate surface area is 160 Å². The molecule has 27 heavy (non-hydrogen) atoms. The van der Waals surface area contributed by atoms with Gasteiger partial charge in [-0.3, -0.25) is 9.36 Å². The number of aromatic nitrogens is 3. The summed E-state index contributed by atoms with van der Waals surface area (Å²) < 4.78 is 2.23. The lowest BCUT2D eigenvalue weighted by atomic mass is 9.74. The third kappa shape index (κ3) is 2.49. The molecule has 1 spiro atoms. The molecule has 1 saturated heterocycles. The summed E-state index contributed by atoms with van der Waals surface area (Å²) in [4.78, 5) is 24.1. The zero-order valence-corrected chi connectivity index (χ0v) is 16.1. The monoisotopic (exact) mass is 365 g/mol. The number of nitrogens with zero attached hydrogens (tertiary/aromatic N) is 4. The van der Waals surface area contributed by atoms with Crippen molar-refractivity contribution in [3.63, 3.8) is 0 Å². The lowest BCUT2D eigenvalue weighted by Gasteiger charge is -2.47. The summed E-state index contributed by atoms with van der Waals surface area (Å²) in [5, 5.41) is 3.77. The molecule has 4 heterocycles. The van der Waals surface area contributed by atoms with E-state index in [0.717, 1.165) is 62.5 Å². The normalized spacial score (nSPS) is 25.3. The number of piperidine rings is 1. The van der Waals surface area contributed by atoms with Crippen molar-refractivity contribution in [1.82, 2.24) is 19.4 Å². The Balaban J connectivity index is 1.43. The van der Waals surface area contributed by atoms with Gasteiger partial charge >= 0.3 is 0 Å². The molecule has 0 atom stereocenters. The van der Waals surface area contributed by atoms with Crippen molar-refractivity contribution in [2.75, 3.05) is 18.4 Å². The summed E-state index contributed by atoms with van der Waals surface area (Å²) >= 11 is 0. The van der Waals surface area contributed by atoms with Gasteiger partial charge in [-0.25, -0.2) is 9.97 Å². The second-order valence-electron chi connectivity index (χ2n) is 8.43. The summed E-state index contributed by atoms with van der Waals surface area (Å²) in [5.41, 5.74) is 2.08. The van der Waals surface area contributed by atoms with Crippen LogP contribution in [-0.4, -0.2) is 38.4 Å². The molecule has 1 saturated carbocycles. The fourth-order valence-corrected chi connectivity index (χ4v) is 5.06. The summed E-state index contributed by atoms with van der Waals surface area (Å²) in [7, 11) is 0. The highest BCUT2D eigenvalue weighted by molar-refractivity contribution is 5.80. The highest BCUT2D eigenvalue weighted by Crippen LogP contribution is 2.44. The highest BCUT2D eigenvalue weighted by Gasteiger charge is 2.45. The number of pyridine rings is 1. The van der Waals surface area contributed by atoms with Gasteiger partial charge in [-0.05, 0) is 43.7 Å². The Hall–Kier alpha value is -2.37. The van der Waals surface area contributed by atoms with Gasteiger partial charge in [0.15, 0.2) is 5.82 Å². The molecule has 1 aliphatic carbocycles. The van der Waals surface area contributed by atoms with E-state index in [0.29, 0.717) is 11.8 Å². The third-order valence-corrected chi connectivity index (χ3v) is 6.67. The average molecular weight is 365 g/mol. The third-order valence-electron chi connectivity index (χ3n) is 6.67. The number of hydrogen-bond donors (Lipinski definition) is 1. The largest absolute Gasteiger partial charge is 0.371 e. The molecule has 0 unspecified atom stereocenters. The maximum absolute atomic E-state index is 12.8. The number of fused-ring (bicyclic) bond motifs is 4. The molecule has 6 nitrogen and oxygen atoms in total. The number of aryl methyl sites for hydroxylation is 1. The van der Waals surface area contributed by atoms with Crippen molar-refractivity contribution in [2.24, 2.45) is 11.8 Å². The molecule has 0 bridgehead atoms. The SMILES string of the molecule is CCc1ncc2n1-c1ncccc1NC21CCN(C(=O)C2CC(C)C2)CC1. The van der Waals surface area contributed by atoms with E-state index in [1.165, 1.54) is 5.69 Å². The number of carbonyl (C=O) groups excluding carboxylic acids is 1. The van der Waals surface area contributed by atoms with E-state index in [9.17, 15) is 4.79 Å². The van der Waals surface area contributed by atoms with Gasteiger partial charge < -0.3 is 10.2 Å². The number of imidazole rings is 1. The second kappa shape index (κ2) is 6.08. The lowest BCUT2D eigenvalue weighted by Crippen LogP contribution is -2.53. The molecule has 3 aliphatic rings. The molecular weight excluding hydrogens is 338 g/mol. The first-order valence-corrected chi connectivity index (χ1v) is 10.2. The summed E-state index contributed by atoms with van der Waals surface area (Å²) in [5.74, 6) is 3.32. The number of hydrogen-bond acceptors (Lipinski definition) is 4. The zero-order valence-electron chi connectivity index (χ0n) is 16.1. The van der Waals surface area contributed by atoms with Crippen LogP contribution in [0, 0.1) is 11.8 Å². The fraction of sp³-hybridized carbons (Fsp3) is 0.571. The fourth-order valence-electron chi connectivity index (χ4n) is 5.06. The van der Waals surface area contributed by atoms with E-state index in [1.807, 2.05) is 18.5 Å². The van der Waals surface area contributed by atoms with E-state index < -0.39 is 0 Å². The van der Waals surface area contributed by atoms with Gasteiger partial charge in [0, 0.05) is 31.6 Å². The molecule has 2 aromatic heterocycles. The molecule has 0 aromatic carbocycles. The maximum atomic E-state index is 12.8. The molecule has 2 aromatic rings. The van der Waals surface area contributed by atoms with Crippen LogP contribution in [-0.2, 0) is 16.8 Å². The molecule has 0 radical (unpaired) electrons. The van der Waals surface area contributed by atoms with Crippen molar-refractivity contribution in [3.8, 4) is 5.82 Å². The van der Waals surface area contributed by atoms with Crippen molar-refractivity contribution < 1.29 is 4.79 Å². The predicted octanol–water partition coefficient (Wildman–Crippen LogP) is 3.12. The minimum atomic E-state index is -0.167. The Morgan fingerprint density at radius 1 is 1.30 bits per heavy atom. The van der Waals surface area contributed by atoms with Crippen LogP contribution in [0.4, 0.5) is 5.69 Å². The minimum absolute atomic E-state index is 0.167. The van der Waals surface area contributed by atoms with Gasteiger partial charge in [-0.2, -0.15) is 0 Å². The Kier molecular flexibility index (Phi) is 3.78. The van der Waals surface area contributed by atoms with Gasteiger partial charge in [0.05, 0.1) is 23.1 Å². The lowest BCUT2D eigenvalue weighted by molar-refractivity contribution is -0.141. The van der Waals surface area contributed by atoms with Crippen molar-refractivity contribution in [2.45, 2.75) is 51.5 Å². The number of amides is 1. The van der Waals surface area contributed by atoms with Crippen LogP contribution < -0.4 is 5.32 Å². The molecule has 2 aliphatic heterocycles. The minimum Gasteiger partial charge on any atom is -0.371 e. The highest BCUT2D eigenvalue weighted by atomic mass is 16.2. The smallest absolute Gasteiger partial charge is 0.225 e. The van der Waals surface area contributed by atoms with Crippen LogP contribution in [0.25, 0.3) is 5.82 Å². The van der Waals surface area contributed by atoms with Gasteiger partial charge in [0.25, 0.3) is 0 Å². The maximum Gasteiger partial charge on any atom is 0.225 e. The van der Waals surface area contributed by atoms with E-state index in [-0.39, 0.29) is 11.5 Å². The first-order valence-electron chi connectivity index (χ1n) is 10.2. The standard InChI is InChI=1S/C21H27N5O/c1-3-18-23-13-17-21(24-16-5-4-8-22-19(16)26(17)18)6-9-25(10-7-21)20(27)15-11-14(2)12-15/h4-5,8,13-15,24H,3,6-7,9-12H2,1-2H3. The number of likely N-dealkylation sites (tertiary alicyclic amines) is 1. The summed E-state index contributed by atoms with van der Waals surface area (Å²) in [6.07, 6.45) is 8.65. The molecule has 2 fully saturated rings. The van der Waals surface area contributed by atoms with Gasteiger partial charge in [0.2, 0.25) is 5.91 Å². The number of anilines is 1. The van der Waals surface area contributed by atoms with Crippen LogP contribution in [0.2, 0.25) is 0 Å². The quantitative estimate of drug-likeness (QED) is 0.888. The Morgan fingerprint density at radius 3 is 2.78 bits per heavy atom. The van der Waals surface area contributed by atoms with Crippen molar-refractivity contribution in [1.29, 1.82) is 0 Å². The van der Waals surface area contributed by atoms with Crippen LogP contribution >= 0.6 is 0 Å². The Morgan fingerprint density at radius 2 is 2.07 bits per heavy atom. The van der Waals surface area contributed by atoms with Gasteiger partial charge in [0.1, 0.15) is 5.82 Å². The number of nitrogens with one attached hydrogen (secondary N) is 1. The molecular formula is C21H27N5O.